The molecule has 3 heteroatoms. The summed E-state index contributed by atoms with van der Waals surface area (Å²) in [4.78, 5) is 0. The summed E-state index contributed by atoms with van der Waals surface area (Å²) in [6.45, 7) is 11.9. The topological polar surface area (TPSA) is 29.9 Å². The number of hydrogen-bond acceptors (Lipinski definition) is 2. The summed E-state index contributed by atoms with van der Waals surface area (Å²) in [5, 5.41) is 7.88. The molecule has 0 aromatic carbocycles. The summed E-state index contributed by atoms with van der Waals surface area (Å²) < 4.78 is 2.14. The van der Waals surface area contributed by atoms with Crippen LogP contribution in [0.15, 0.2) is 6.20 Å². The quantitative estimate of drug-likeness (QED) is 0.720. The van der Waals surface area contributed by atoms with Gasteiger partial charge in [-0.15, -0.1) is 0 Å². The lowest BCUT2D eigenvalue weighted by Gasteiger charge is -2.10. The van der Waals surface area contributed by atoms with Gasteiger partial charge in [0, 0.05) is 24.3 Å². The van der Waals surface area contributed by atoms with Crippen molar-refractivity contribution in [3.05, 3.63) is 17.5 Å². The van der Waals surface area contributed by atoms with Gasteiger partial charge >= 0.3 is 0 Å². The molecule has 0 amide bonds. The third kappa shape index (κ3) is 3.63. The largest absolute Gasteiger partial charge is 0.313 e. The van der Waals surface area contributed by atoms with E-state index < -0.39 is 0 Å². The highest BCUT2D eigenvalue weighted by molar-refractivity contribution is 5.15. The molecule has 1 aromatic heterocycles. The molecule has 1 rings (SSSR count). The van der Waals surface area contributed by atoms with E-state index in [2.05, 4.69) is 42.8 Å². The minimum absolute atomic E-state index is 0.704. The summed E-state index contributed by atoms with van der Waals surface area (Å²) in [5.74, 6) is 0.704. The molecule has 0 aliphatic rings. The van der Waals surface area contributed by atoms with Gasteiger partial charge in [0.25, 0.3) is 0 Å². The normalized spacial score (nSPS) is 13.0. The fourth-order valence-electron chi connectivity index (χ4n) is 1.67. The summed E-state index contributed by atoms with van der Waals surface area (Å²) in [6.07, 6.45) is 4.39. The van der Waals surface area contributed by atoms with Crippen LogP contribution in [0, 0.1) is 12.8 Å². The van der Waals surface area contributed by atoms with Crippen molar-refractivity contribution in [1.82, 2.24) is 15.1 Å². The Morgan fingerprint density at radius 1 is 1.44 bits per heavy atom. The third-order valence-electron chi connectivity index (χ3n) is 3.13. The molecule has 1 atom stereocenters. The molecule has 0 aliphatic carbocycles. The van der Waals surface area contributed by atoms with Crippen molar-refractivity contribution in [3.8, 4) is 0 Å². The number of aromatic nitrogens is 2. The molecule has 0 aliphatic heterocycles. The molecule has 0 radical (unpaired) electrons. The fraction of sp³-hybridized carbons (Fsp3) is 0.769. The molecule has 0 fully saturated rings. The van der Waals surface area contributed by atoms with Crippen LogP contribution in [0.5, 0.6) is 0 Å². The lowest BCUT2D eigenvalue weighted by atomic mass is 10.1. The van der Waals surface area contributed by atoms with E-state index in [1.54, 1.807) is 0 Å². The summed E-state index contributed by atoms with van der Waals surface area (Å²) in [6, 6.07) is 0. The second-order valence-corrected chi connectivity index (χ2v) is 4.63. The lowest BCUT2D eigenvalue weighted by molar-refractivity contribution is 0.432. The number of hydrogen-bond donors (Lipinski definition) is 1. The average Bonchev–Trinajstić information content (AvgIpc) is 2.62. The molecule has 1 aromatic rings. The Labute approximate surface area is 99.2 Å². The van der Waals surface area contributed by atoms with Crippen LogP contribution in [-0.4, -0.2) is 16.3 Å². The van der Waals surface area contributed by atoms with E-state index in [0.717, 1.165) is 19.6 Å². The highest BCUT2D eigenvalue weighted by Crippen LogP contribution is 2.11. The minimum atomic E-state index is 0.704. The second-order valence-electron chi connectivity index (χ2n) is 4.63. The molecule has 0 spiro atoms. The van der Waals surface area contributed by atoms with E-state index in [0.29, 0.717) is 5.92 Å². The van der Waals surface area contributed by atoms with Crippen molar-refractivity contribution >= 4 is 0 Å². The van der Waals surface area contributed by atoms with Crippen LogP contribution in [-0.2, 0) is 13.1 Å². The maximum Gasteiger partial charge on any atom is 0.0537 e. The average molecular weight is 223 g/mol. The van der Waals surface area contributed by atoms with Gasteiger partial charge in [-0.25, -0.2) is 0 Å². The maximum absolute atomic E-state index is 4.46. The monoisotopic (exact) mass is 223 g/mol. The van der Waals surface area contributed by atoms with Crippen molar-refractivity contribution < 1.29 is 0 Å². The van der Waals surface area contributed by atoms with E-state index in [4.69, 9.17) is 0 Å². The van der Waals surface area contributed by atoms with Gasteiger partial charge < -0.3 is 5.32 Å². The van der Waals surface area contributed by atoms with Gasteiger partial charge in [-0.05, 0) is 25.8 Å². The number of nitrogens with zero attached hydrogens (tertiary/aromatic N) is 2. The Hall–Kier alpha value is -0.830. The maximum atomic E-state index is 4.46. The summed E-state index contributed by atoms with van der Waals surface area (Å²) in [5.41, 5.74) is 2.64. The molecule has 3 nitrogen and oxygen atoms in total. The van der Waals surface area contributed by atoms with Crippen LogP contribution in [0.1, 0.15) is 44.9 Å². The van der Waals surface area contributed by atoms with Gasteiger partial charge in [-0.1, -0.05) is 27.2 Å². The van der Waals surface area contributed by atoms with Gasteiger partial charge in [-0.2, -0.15) is 5.10 Å². The second kappa shape index (κ2) is 6.69. The zero-order chi connectivity index (χ0) is 12.0. The molecule has 92 valence electrons. The molecule has 0 bridgehead atoms. The first-order valence-corrected chi connectivity index (χ1v) is 6.41. The molecule has 16 heavy (non-hydrogen) atoms. The molecule has 0 saturated heterocycles. The van der Waals surface area contributed by atoms with Crippen molar-refractivity contribution in [2.24, 2.45) is 5.92 Å². The van der Waals surface area contributed by atoms with Crippen LogP contribution in [0.3, 0.4) is 0 Å². The van der Waals surface area contributed by atoms with Crippen molar-refractivity contribution in [1.29, 1.82) is 0 Å². The highest BCUT2D eigenvalue weighted by atomic mass is 15.3. The van der Waals surface area contributed by atoms with Gasteiger partial charge in [0.2, 0.25) is 0 Å². The Bertz CT molecular complexity index is 304. The fourth-order valence-corrected chi connectivity index (χ4v) is 1.67. The standard InChI is InChI=1S/C13H25N3/c1-5-7-14-8-13-9-15-16(12(13)4)10-11(3)6-2/h9,11,14H,5-8,10H2,1-4H3. The first-order chi connectivity index (χ1) is 7.69. The zero-order valence-corrected chi connectivity index (χ0v) is 11.1. The Kier molecular flexibility index (Phi) is 5.53. The number of nitrogens with one attached hydrogen (secondary N) is 1. The first kappa shape index (κ1) is 13.2. The van der Waals surface area contributed by atoms with Gasteiger partial charge in [0.05, 0.1) is 6.20 Å². The van der Waals surface area contributed by atoms with Gasteiger partial charge in [0.15, 0.2) is 0 Å². The molecule has 1 heterocycles. The SMILES string of the molecule is CCCNCc1cnn(CC(C)CC)c1C. The van der Waals surface area contributed by atoms with E-state index in [-0.39, 0.29) is 0 Å². The Morgan fingerprint density at radius 2 is 2.19 bits per heavy atom. The molecular formula is C13H25N3. The van der Waals surface area contributed by atoms with Crippen molar-refractivity contribution in [2.75, 3.05) is 6.54 Å². The predicted octanol–water partition coefficient (Wildman–Crippen LogP) is 2.74. The minimum Gasteiger partial charge on any atom is -0.313 e. The predicted molar refractivity (Wildman–Crippen MR) is 68.4 cm³/mol. The molecule has 1 unspecified atom stereocenters. The molecular weight excluding hydrogens is 198 g/mol. The lowest BCUT2D eigenvalue weighted by Crippen LogP contribution is -2.15. The Morgan fingerprint density at radius 3 is 2.81 bits per heavy atom. The van der Waals surface area contributed by atoms with Crippen molar-refractivity contribution in [3.63, 3.8) is 0 Å². The first-order valence-electron chi connectivity index (χ1n) is 6.41. The third-order valence-corrected chi connectivity index (χ3v) is 3.13. The zero-order valence-electron chi connectivity index (χ0n) is 11.1. The smallest absolute Gasteiger partial charge is 0.0537 e. The van der Waals surface area contributed by atoms with Gasteiger partial charge in [-0.3, -0.25) is 4.68 Å². The van der Waals surface area contributed by atoms with E-state index in [1.165, 1.54) is 24.1 Å². The van der Waals surface area contributed by atoms with Crippen LogP contribution >= 0.6 is 0 Å². The number of rotatable bonds is 7. The Balaban J connectivity index is 2.54. The van der Waals surface area contributed by atoms with Crippen LogP contribution < -0.4 is 5.32 Å². The van der Waals surface area contributed by atoms with Crippen molar-refractivity contribution in [2.45, 2.75) is 53.6 Å². The summed E-state index contributed by atoms with van der Waals surface area (Å²) in [7, 11) is 0. The van der Waals surface area contributed by atoms with Gasteiger partial charge in [0.1, 0.15) is 0 Å². The highest BCUT2D eigenvalue weighted by Gasteiger charge is 2.08. The summed E-state index contributed by atoms with van der Waals surface area (Å²) >= 11 is 0. The molecule has 1 N–H and O–H groups in total. The van der Waals surface area contributed by atoms with Crippen LogP contribution in [0.4, 0.5) is 0 Å². The van der Waals surface area contributed by atoms with E-state index >= 15 is 0 Å². The van der Waals surface area contributed by atoms with Crippen LogP contribution in [0.2, 0.25) is 0 Å². The van der Waals surface area contributed by atoms with Crippen LogP contribution in [0.25, 0.3) is 0 Å². The molecule has 0 saturated carbocycles. The van der Waals surface area contributed by atoms with E-state index in [9.17, 15) is 0 Å². The van der Waals surface area contributed by atoms with E-state index in [1.807, 2.05) is 6.20 Å².